The second-order valence-electron chi connectivity index (χ2n) is 6.31. The number of methoxy groups -OCH3 is 1. The standard InChI is InChI=1S/C16H17F4NO5/c1-5-25-12(22)8(17)6-9-14(2,3)15(9,13(23)24-4)11-7-10(21-26-11)16(18,19)20/h6-7,9H,5H2,1-4H3/t9-,15-/m1/s1. The smallest absolute Gasteiger partial charge is 0.436 e. The Morgan fingerprint density at radius 3 is 2.46 bits per heavy atom. The van der Waals surface area contributed by atoms with Crippen LogP contribution in [0, 0.1) is 11.3 Å². The van der Waals surface area contributed by atoms with E-state index in [9.17, 15) is 27.2 Å². The van der Waals surface area contributed by atoms with Gasteiger partial charge in [0.1, 0.15) is 5.41 Å². The van der Waals surface area contributed by atoms with Gasteiger partial charge in [0.2, 0.25) is 5.83 Å². The first-order chi connectivity index (χ1) is 11.9. The van der Waals surface area contributed by atoms with Crippen molar-refractivity contribution >= 4 is 11.9 Å². The maximum absolute atomic E-state index is 14.0. The zero-order valence-electron chi connectivity index (χ0n) is 14.4. The van der Waals surface area contributed by atoms with E-state index in [1.54, 1.807) is 0 Å². The highest BCUT2D eigenvalue weighted by atomic mass is 19.4. The highest BCUT2D eigenvalue weighted by molar-refractivity contribution is 5.91. The lowest BCUT2D eigenvalue weighted by Crippen LogP contribution is -2.28. The molecule has 0 spiro atoms. The van der Waals surface area contributed by atoms with Gasteiger partial charge in [-0.05, 0) is 18.4 Å². The molecule has 2 rings (SSSR count). The van der Waals surface area contributed by atoms with Crippen LogP contribution in [0.15, 0.2) is 22.5 Å². The van der Waals surface area contributed by atoms with Gasteiger partial charge in [0.25, 0.3) is 0 Å². The van der Waals surface area contributed by atoms with Gasteiger partial charge in [-0.2, -0.15) is 17.6 Å². The molecule has 1 heterocycles. The summed E-state index contributed by atoms with van der Waals surface area (Å²) in [5.74, 6) is -4.83. The molecule has 0 amide bonds. The summed E-state index contributed by atoms with van der Waals surface area (Å²) in [6.45, 7) is 4.45. The van der Waals surface area contributed by atoms with Crippen LogP contribution in [-0.4, -0.2) is 30.8 Å². The molecule has 0 N–H and O–H groups in total. The first-order valence-electron chi connectivity index (χ1n) is 7.61. The number of hydrogen-bond acceptors (Lipinski definition) is 6. The number of carbonyl (C=O) groups excluding carboxylic acids is 2. The molecule has 144 valence electrons. The zero-order valence-corrected chi connectivity index (χ0v) is 14.4. The van der Waals surface area contributed by atoms with Crippen LogP contribution in [0.5, 0.6) is 0 Å². The normalized spacial score (nSPS) is 24.9. The highest BCUT2D eigenvalue weighted by Crippen LogP contribution is 2.71. The second kappa shape index (κ2) is 6.40. The third-order valence-corrected chi connectivity index (χ3v) is 4.66. The number of ether oxygens (including phenoxy) is 2. The number of esters is 2. The minimum absolute atomic E-state index is 0.0622. The Labute approximate surface area is 146 Å². The molecule has 1 saturated carbocycles. The molecule has 0 bridgehead atoms. The molecule has 0 aliphatic heterocycles. The van der Waals surface area contributed by atoms with Crippen molar-refractivity contribution in [3.05, 3.63) is 29.4 Å². The number of nitrogens with zero attached hydrogens (tertiary/aromatic N) is 1. The van der Waals surface area contributed by atoms with E-state index in [4.69, 9.17) is 9.26 Å². The molecule has 1 fully saturated rings. The number of halogens is 4. The molecule has 26 heavy (non-hydrogen) atoms. The largest absolute Gasteiger partial charge is 0.468 e. The van der Waals surface area contributed by atoms with Crippen molar-refractivity contribution < 1.29 is 41.1 Å². The third kappa shape index (κ3) is 2.86. The number of hydrogen-bond donors (Lipinski definition) is 0. The maximum Gasteiger partial charge on any atom is 0.436 e. The second-order valence-corrected chi connectivity index (χ2v) is 6.31. The van der Waals surface area contributed by atoms with E-state index in [-0.39, 0.29) is 6.61 Å². The summed E-state index contributed by atoms with van der Waals surface area (Å²) in [6, 6.07) is 0.578. The van der Waals surface area contributed by atoms with Gasteiger partial charge in [0.15, 0.2) is 11.5 Å². The van der Waals surface area contributed by atoms with Crippen molar-refractivity contribution in [3.63, 3.8) is 0 Å². The Morgan fingerprint density at radius 1 is 1.38 bits per heavy atom. The molecular formula is C16H17F4NO5. The monoisotopic (exact) mass is 379 g/mol. The fourth-order valence-electron chi connectivity index (χ4n) is 3.27. The number of alkyl halides is 3. The quantitative estimate of drug-likeness (QED) is 0.444. The Kier molecular flexibility index (Phi) is 4.91. The summed E-state index contributed by atoms with van der Waals surface area (Å²) in [4.78, 5) is 23.9. The summed E-state index contributed by atoms with van der Waals surface area (Å²) >= 11 is 0. The Balaban J connectivity index is 2.51. The van der Waals surface area contributed by atoms with E-state index in [0.29, 0.717) is 6.07 Å². The van der Waals surface area contributed by atoms with Crippen LogP contribution >= 0.6 is 0 Å². The predicted molar refractivity (Wildman–Crippen MR) is 78.3 cm³/mol. The van der Waals surface area contributed by atoms with Crippen LogP contribution < -0.4 is 0 Å². The lowest BCUT2D eigenvalue weighted by molar-refractivity contribution is -0.145. The molecule has 1 aromatic rings. The minimum atomic E-state index is -4.78. The first-order valence-corrected chi connectivity index (χ1v) is 7.61. The van der Waals surface area contributed by atoms with Crippen molar-refractivity contribution in [2.45, 2.75) is 32.4 Å². The average Bonchev–Trinajstić information content (AvgIpc) is 2.91. The molecule has 1 aromatic heterocycles. The summed E-state index contributed by atoms with van der Waals surface area (Å²) < 4.78 is 66.5. The van der Waals surface area contributed by atoms with Crippen LogP contribution in [0.25, 0.3) is 0 Å². The summed E-state index contributed by atoms with van der Waals surface area (Å²) in [7, 11) is 1.04. The number of allylic oxidation sites excluding steroid dienone is 1. The fourth-order valence-corrected chi connectivity index (χ4v) is 3.27. The summed E-state index contributed by atoms with van der Waals surface area (Å²) in [6.07, 6.45) is -3.94. The zero-order chi connectivity index (χ0) is 19.9. The molecule has 6 nitrogen and oxygen atoms in total. The molecule has 0 aromatic carbocycles. The minimum Gasteiger partial charge on any atom is -0.468 e. The first kappa shape index (κ1) is 19.9. The summed E-state index contributed by atoms with van der Waals surface area (Å²) in [5, 5.41) is 2.94. The van der Waals surface area contributed by atoms with Gasteiger partial charge >= 0.3 is 18.1 Å². The molecular weight excluding hydrogens is 362 g/mol. The number of rotatable bonds is 5. The maximum atomic E-state index is 14.0. The topological polar surface area (TPSA) is 78.6 Å². The van der Waals surface area contributed by atoms with E-state index >= 15 is 0 Å². The predicted octanol–water partition coefficient (Wildman–Crippen LogP) is 3.18. The Morgan fingerprint density at radius 2 is 2.00 bits per heavy atom. The third-order valence-electron chi connectivity index (χ3n) is 4.66. The van der Waals surface area contributed by atoms with E-state index in [1.807, 2.05) is 0 Å². The lowest BCUT2D eigenvalue weighted by Gasteiger charge is -2.14. The summed E-state index contributed by atoms with van der Waals surface area (Å²) in [5.41, 5.74) is -4.17. The van der Waals surface area contributed by atoms with Crippen LogP contribution in [0.2, 0.25) is 0 Å². The van der Waals surface area contributed by atoms with Crippen LogP contribution in [0.4, 0.5) is 17.6 Å². The number of aromatic nitrogens is 1. The van der Waals surface area contributed by atoms with Crippen molar-refractivity contribution in [2.75, 3.05) is 13.7 Å². The SMILES string of the molecule is CCOC(=O)C(F)=C[C@@H]1C(C)(C)[C@@]1(C(=O)OC)c1cc(C(F)(F)F)no1. The van der Waals surface area contributed by atoms with Crippen molar-refractivity contribution in [3.8, 4) is 0 Å². The van der Waals surface area contributed by atoms with E-state index in [2.05, 4.69) is 9.89 Å². The van der Waals surface area contributed by atoms with Gasteiger partial charge in [-0.3, -0.25) is 4.79 Å². The van der Waals surface area contributed by atoms with Crippen molar-refractivity contribution in [1.82, 2.24) is 5.16 Å². The highest BCUT2D eigenvalue weighted by Gasteiger charge is 2.79. The average molecular weight is 379 g/mol. The van der Waals surface area contributed by atoms with E-state index in [0.717, 1.165) is 13.2 Å². The molecule has 1 aliphatic carbocycles. The van der Waals surface area contributed by atoms with Crippen molar-refractivity contribution in [1.29, 1.82) is 0 Å². The molecule has 10 heteroatoms. The van der Waals surface area contributed by atoms with Gasteiger partial charge in [0, 0.05) is 12.0 Å². The molecule has 0 unspecified atom stereocenters. The Hall–Kier alpha value is -2.39. The molecule has 1 aliphatic rings. The molecule has 2 atom stereocenters. The van der Waals surface area contributed by atoms with Gasteiger partial charge in [-0.15, -0.1) is 0 Å². The van der Waals surface area contributed by atoms with Crippen LogP contribution in [0.1, 0.15) is 32.2 Å². The van der Waals surface area contributed by atoms with E-state index < -0.39 is 52.1 Å². The van der Waals surface area contributed by atoms with E-state index in [1.165, 1.54) is 20.8 Å². The lowest BCUT2D eigenvalue weighted by atomic mass is 9.92. The molecule has 0 radical (unpaired) electrons. The van der Waals surface area contributed by atoms with Gasteiger partial charge in [0.05, 0.1) is 13.7 Å². The van der Waals surface area contributed by atoms with Crippen LogP contribution in [-0.2, 0) is 30.7 Å². The van der Waals surface area contributed by atoms with Crippen molar-refractivity contribution in [2.24, 2.45) is 11.3 Å². The number of carbonyl (C=O) groups is 2. The van der Waals surface area contributed by atoms with Gasteiger partial charge in [-0.25, -0.2) is 4.79 Å². The van der Waals surface area contributed by atoms with Crippen LogP contribution in [0.3, 0.4) is 0 Å². The Bertz CT molecular complexity index is 752. The van der Waals surface area contributed by atoms with Gasteiger partial charge < -0.3 is 14.0 Å². The fraction of sp³-hybridized carbons (Fsp3) is 0.562. The molecule has 0 saturated heterocycles. The van der Waals surface area contributed by atoms with Gasteiger partial charge in [-0.1, -0.05) is 19.0 Å².